The first-order valence-electron chi connectivity index (χ1n) is 10.2. The molecule has 0 saturated carbocycles. The van der Waals surface area contributed by atoms with E-state index < -0.39 is 27.9 Å². The van der Waals surface area contributed by atoms with E-state index in [1.165, 1.54) is 7.11 Å². The van der Waals surface area contributed by atoms with E-state index in [1.807, 2.05) is 37.3 Å². The Morgan fingerprint density at radius 1 is 1.12 bits per heavy atom. The first kappa shape index (κ1) is 23.5. The number of fused-ring (bicyclic) bond motifs is 1. The Labute approximate surface area is 187 Å². The summed E-state index contributed by atoms with van der Waals surface area (Å²) in [6.07, 6.45) is 1.92. The quantitative estimate of drug-likeness (QED) is 0.427. The maximum Gasteiger partial charge on any atom is 0.328 e. The molecular formula is C23H27N3O5S. The molecule has 9 heteroatoms. The van der Waals surface area contributed by atoms with E-state index in [4.69, 9.17) is 4.74 Å². The largest absolute Gasteiger partial charge is 0.467 e. The van der Waals surface area contributed by atoms with Crippen LogP contribution in [-0.2, 0) is 30.8 Å². The van der Waals surface area contributed by atoms with Gasteiger partial charge in [-0.25, -0.2) is 17.9 Å². The monoisotopic (exact) mass is 457 g/mol. The molecule has 1 heterocycles. The van der Waals surface area contributed by atoms with Crippen molar-refractivity contribution >= 4 is 32.8 Å². The number of H-pyrrole nitrogens is 1. The number of aromatic amines is 1. The highest BCUT2D eigenvalue weighted by Crippen LogP contribution is 2.19. The molecule has 0 unspecified atom stereocenters. The molecule has 170 valence electrons. The van der Waals surface area contributed by atoms with Crippen LogP contribution >= 0.6 is 0 Å². The molecule has 3 rings (SSSR count). The summed E-state index contributed by atoms with van der Waals surface area (Å²) in [5, 5.41) is 3.61. The lowest BCUT2D eigenvalue weighted by Gasteiger charge is -2.16. The van der Waals surface area contributed by atoms with Crippen LogP contribution in [0.4, 0.5) is 0 Å². The standard InChI is InChI=1S/C23H27N3O5S/c1-15-8-9-16(2)21(12-15)32(29,30)25-11-10-22(27)26-20(23(28)31-3)13-17-14-24-19-7-5-4-6-18(17)19/h4-9,12,14,20,24-25H,10-11,13H2,1-3H3,(H,26,27)/t20-/m1/s1. The summed E-state index contributed by atoms with van der Waals surface area (Å²) in [6, 6.07) is 11.9. The summed E-state index contributed by atoms with van der Waals surface area (Å²) < 4.78 is 32.4. The number of methoxy groups -OCH3 is 1. The first-order valence-corrected chi connectivity index (χ1v) is 11.7. The van der Waals surface area contributed by atoms with Gasteiger partial charge in [-0.15, -0.1) is 0 Å². The molecule has 8 nitrogen and oxygen atoms in total. The molecular weight excluding hydrogens is 430 g/mol. The van der Waals surface area contributed by atoms with Gasteiger partial charge in [-0.05, 0) is 42.7 Å². The molecule has 0 aliphatic rings. The van der Waals surface area contributed by atoms with Gasteiger partial charge < -0.3 is 15.0 Å². The van der Waals surface area contributed by atoms with E-state index in [1.54, 1.807) is 25.3 Å². The number of amides is 1. The molecule has 0 fully saturated rings. The minimum Gasteiger partial charge on any atom is -0.467 e. The number of sulfonamides is 1. The third kappa shape index (κ3) is 5.54. The third-order valence-corrected chi connectivity index (χ3v) is 6.80. The fourth-order valence-corrected chi connectivity index (χ4v) is 4.86. The Morgan fingerprint density at radius 2 is 1.88 bits per heavy atom. The molecule has 32 heavy (non-hydrogen) atoms. The number of ether oxygens (including phenoxy) is 1. The molecule has 0 saturated heterocycles. The topological polar surface area (TPSA) is 117 Å². The summed E-state index contributed by atoms with van der Waals surface area (Å²) in [6.45, 7) is 3.43. The van der Waals surface area contributed by atoms with E-state index in [9.17, 15) is 18.0 Å². The Bertz CT molecular complexity index is 1230. The highest BCUT2D eigenvalue weighted by molar-refractivity contribution is 7.89. The van der Waals surface area contributed by atoms with Crippen LogP contribution in [-0.4, -0.2) is 45.0 Å². The van der Waals surface area contributed by atoms with Crippen molar-refractivity contribution in [3.8, 4) is 0 Å². The molecule has 1 amide bonds. The first-order chi connectivity index (χ1) is 15.2. The van der Waals surface area contributed by atoms with Gasteiger partial charge in [-0.2, -0.15) is 0 Å². The number of carbonyl (C=O) groups is 2. The summed E-state index contributed by atoms with van der Waals surface area (Å²) in [5.74, 6) is -1.02. The third-order valence-electron chi connectivity index (χ3n) is 5.20. The number of aryl methyl sites for hydroxylation is 2. The van der Waals surface area contributed by atoms with Crippen LogP contribution in [0.5, 0.6) is 0 Å². The van der Waals surface area contributed by atoms with Gasteiger partial charge >= 0.3 is 5.97 Å². The number of aromatic nitrogens is 1. The van der Waals surface area contributed by atoms with Crippen molar-refractivity contribution in [2.24, 2.45) is 0 Å². The molecule has 2 aromatic carbocycles. The summed E-state index contributed by atoms with van der Waals surface area (Å²) in [7, 11) is -2.49. The molecule has 0 aliphatic carbocycles. The fraction of sp³-hybridized carbons (Fsp3) is 0.304. The van der Waals surface area contributed by atoms with E-state index in [0.29, 0.717) is 5.56 Å². The molecule has 3 aromatic rings. The molecule has 0 spiro atoms. The Kier molecular flexibility index (Phi) is 7.32. The zero-order valence-electron chi connectivity index (χ0n) is 18.3. The lowest BCUT2D eigenvalue weighted by atomic mass is 10.0. The Balaban J connectivity index is 1.62. The lowest BCUT2D eigenvalue weighted by molar-refractivity contribution is -0.145. The van der Waals surface area contributed by atoms with Gasteiger partial charge in [0, 0.05) is 36.5 Å². The molecule has 3 N–H and O–H groups in total. The zero-order chi connectivity index (χ0) is 23.3. The zero-order valence-corrected chi connectivity index (χ0v) is 19.1. The number of carbonyl (C=O) groups excluding carboxylic acids is 2. The second-order valence-electron chi connectivity index (χ2n) is 7.62. The van der Waals surface area contributed by atoms with E-state index in [2.05, 4.69) is 15.0 Å². The van der Waals surface area contributed by atoms with Crippen LogP contribution in [0.1, 0.15) is 23.1 Å². The number of nitrogens with one attached hydrogen (secondary N) is 3. The average Bonchev–Trinajstić information content (AvgIpc) is 3.17. The van der Waals surface area contributed by atoms with Crippen LogP contribution in [0.3, 0.4) is 0 Å². The highest BCUT2D eigenvalue weighted by atomic mass is 32.2. The fourth-order valence-electron chi connectivity index (χ4n) is 3.50. The molecule has 0 aliphatic heterocycles. The summed E-state index contributed by atoms with van der Waals surface area (Å²) in [4.78, 5) is 28.0. The van der Waals surface area contributed by atoms with Crippen LogP contribution in [0.2, 0.25) is 0 Å². The minimum atomic E-state index is -3.75. The average molecular weight is 458 g/mol. The minimum absolute atomic E-state index is 0.0947. The maximum absolute atomic E-state index is 12.6. The normalized spacial score (nSPS) is 12.5. The SMILES string of the molecule is COC(=O)[C@@H](Cc1c[nH]c2ccccc12)NC(=O)CCNS(=O)(=O)c1cc(C)ccc1C. The predicted octanol–water partition coefficient (Wildman–Crippen LogP) is 2.35. The second-order valence-corrected chi connectivity index (χ2v) is 9.36. The van der Waals surface area contributed by atoms with Crippen LogP contribution in [0.15, 0.2) is 53.6 Å². The summed E-state index contributed by atoms with van der Waals surface area (Å²) >= 11 is 0. The lowest BCUT2D eigenvalue weighted by Crippen LogP contribution is -2.44. The van der Waals surface area contributed by atoms with Crippen molar-refractivity contribution in [2.45, 2.75) is 37.6 Å². The number of hydrogen-bond donors (Lipinski definition) is 3. The number of rotatable bonds is 9. The number of benzene rings is 2. The Hall–Kier alpha value is -3.17. The van der Waals surface area contributed by atoms with Crippen LogP contribution < -0.4 is 10.0 Å². The van der Waals surface area contributed by atoms with Gasteiger partial charge in [0.05, 0.1) is 12.0 Å². The van der Waals surface area contributed by atoms with E-state index >= 15 is 0 Å². The van der Waals surface area contributed by atoms with Crippen molar-refractivity contribution in [3.05, 3.63) is 65.4 Å². The highest BCUT2D eigenvalue weighted by Gasteiger charge is 2.24. The van der Waals surface area contributed by atoms with Gasteiger partial charge in [0.1, 0.15) is 6.04 Å². The molecule has 1 atom stereocenters. The van der Waals surface area contributed by atoms with Crippen molar-refractivity contribution in [2.75, 3.05) is 13.7 Å². The van der Waals surface area contributed by atoms with Gasteiger partial charge in [0.15, 0.2) is 0 Å². The van der Waals surface area contributed by atoms with E-state index in [0.717, 1.165) is 22.0 Å². The van der Waals surface area contributed by atoms with Crippen molar-refractivity contribution < 1.29 is 22.7 Å². The van der Waals surface area contributed by atoms with Gasteiger partial charge in [0.2, 0.25) is 15.9 Å². The second kappa shape index (κ2) is 9.97. The van der Waals surface area contributed by atoms with Crippen LogP contribution in [0.25, 0.3) is 10.9 Å². The van der Waals surface area contributed by atoms with Crippen molar-refractivity contribution in [1.29, 1.82) is 0 Å². The smallest absolute Gasteiger partial charge is 0.328 e. The number of para-hydroxylation sites is 1. The van der Waals surface area contributed by atoms with Crippen molar-refractivity contribution in [3.63, 3.8) is 0 Å². The molecule has 1 aromatic heterocycles. The summed E-state index contributed by atoms with van der Waals surface area (Å²) in [5.41, 5.74) is 3.24. The van der Waals surface area contributed by atoms with Crippen LogP contribution in [0, 0.1) is 13.8 Å². The molecule has 0 radical (unpaired) electrons. The number of esters is 1. The van der Waals surface area contributed by atoms with Gasteiger partial charge in [-0.1, -0.05) is 30.3 Å². The van der Waals surface area contributed by atoms with Crippen molar-refractivity contribution in [1.82, 2.24) is 15.0 Å². The van der Waals surface area contributed by atoms with E-state index in [-0.39, 0.29) is 24.3 Å². The van der Waals surface area contributed by atoms with Gasteiger partial charge in [0.25, 0.3) is 0 Å². The Morgan fingerprint density at radius 3 is 2.62 bits per heavy atom. The molecule has 0 bridgehead atoms. The predicted molar refractivity (Wildman–Crippen MR) is 122 cm³/mol. The van der Waals surface area contributed by atoms with Gasteiger partial charge in [-0.3, -0.25) is 4.79 Å². The number of hydrogen-bond acceptors (Lipinski definition) is 5. The maximum atomic E-state index is 12.6.